The number of aliphatic hydroxyl groups is 1. The molecule has 3 aromatic rings. The van der Waals surface area contributed by atoms with Gasteiger partial charge in [-0.25, -0.2) is 0 Å². The molecule has 1 heterocycles. The van der Waals surface area contributed by atoms with Crippen LogP contribution >= 0.6 is 0 Å². The molecule has 28 heavy (non-hydrogen) atoms. The molecule has 0 spiro atoms. The first-order valence-electron chi connectivity index (χ1n) is 10.2. The van der Waals surface area contributed by atoms with Crippen molar-refractivity contribution in [2.45, 2.75) is 39.5 Å². The summed E-state index contributed by atoms with van der Waals surface area (Å²) in [4.78, 5) is 2.38. The maximum Gasteiger partial charge on any atom is 0.0917 e. The topological polar surface area (TPSA) is 28.4 Å². The van der Waals surface area contributed by atoms with Crippen LogP contribution in [0.5, 0.6) is 0 Å². The van der Waals surface area contributed by atoms with E-state index in [-0.39, 0.29) is 0 Å². The van der Waals surface area contributed by atoms with Crippen molar-refractivity contribution in [2.24, 2.45) is 5.92 Å². The fraction of sp³-hybridized carbons (Fsp3) is 0.360. The van der Waals surface area contributed by atoms with Gasteiger partial charge in [0.05, 0.1) is 6.10 Å². The summed E-state index contributed by atoms with van der Waals surface area (Å²) in [6.07, 6.45) is 2.81. The van der Waals surface area contributed by atoms with Crippen LogP contribution in [-0.2, 0) is 13.1 Å². The molecule has 0 radical (unpaired) electrons. The molecule has 0 aliphatic rings. The summed E-state index contributed by atoms with van der Waals surface area (Å²) in [6, 6.07) is 24.8. The molecule has 0 saturated carbocycles. The molecule has 0 aliphatic carbocycles. The largest absolute Gasteiger partial charge is 0.387 e. The minimum Gasteiger partial charge on any atom is -0.387 e. The number of hydrogen-bond donors (Lipinski definition) is 1. The Kier molecular flexibility index (Phi) is 7.46. The first-order valence-corrected chi connectivity index (χ1v) is 10.2. The van der Waals surface area contributed by atoms with Crippen LogP contribution < -0.4 is 0 Å². The molecule has 148 valence electrons. The number of benzene rings is 2. The van der Waals surface area contributed by atoms with Gasteiger partial charge in [-0.15, -0.1) is 0 Å². The van der Waals surface area contributed by atoms with Crippen LogP contribution in [0.25, 0.3) is 0 Å². The first-order chi connectivity index (χ1) is 13.6. The normalized spacial score (nSPS) is 12.6. The minimum absolute atomic E-state index is 0.467. The van der Waals surface area contributed by atoms with Crippen LogP contribution in [0.15, 0.2) is 79.0 Å². The molecule has 0 saturated heterocycles. The molecule has 3 rings (SSSR count). The summed E-state index contributed by atoms with van der Waals surface area (Å²) in [5.74, 6) is 0.646. The molecule has 1 N–H and O–H groups in total. The van der Waals surface area contributed by atoms with Gasteiger partial charge in [-0.05, 0) is 42.1 Å². The average Bonchev–Trinajstić information content (AvgIpc) is 3.14. The van der Waals surface area contributed by atoms with E-state index in [9.17, 15) is 5.11 Å². The predicted molar refractivity (Wildman–Crippen MR) is 116 cm³/mol. The maximum absolute atomic E-state index is 10.7. The highest BCUT2D eigenvalue weighted by atomic mass is 16.3. The Morgan fingerprint density at radius 2 is 1.57 bits per heavy atom. The van der Waals surface area contributed by atoms with Gasteiger partial charge in [0, 0.05) is 31.5 Å². The van der Waals surface area contributed by atoms with E-state index >= 15 is 0 Å². The molecule has 2 aromatic carbocycles. The molecular weight excluding hydrogens is 344 g/mol. The number of hydrogen-bond acceptors (Lipinski definition) is 2. The van der Waals surface area contributed by atoms with E-state index in [1.807, 2.05) is 30.3 Å². The summed E-state index contributed by atoms with van der Waals surface area (Å²) >= 11 is 0. The number of aliphatic hydroxyl groups excluding tert-OH is 1. The van der Waals surface area contributed by atoms with Crippen molar-refractivity contribution in [2.75, 3.05) is 13.1 Å². The van der Waals surface area contributed by atoms with Gasteiger partial charge >= 0.3 is 0 Å². The lowest BCUT2D eigenvalue weighted by molar-refractivity contribution is 0.104. The lowest BCUT2D eigenvalue weighted by Gasteiger charge is -2.26. The van der Waals surface area contributed by atoms with Crippen molar-refractivity contribution in [3.8, 4) is 0 Å². The Labute approximate surface area is 169 Å². The molecule has 1 unspecified atom stereocenters. The van der Waals surface area contributed by atoms with E-state index in [1.165, 1.54) is 11.3 Å². The summed E-state index contributed by atoms with van der Waals surface area (Å²) in [5, 5.41) is 10.7. The highest BCUT2D eigenvalue weighted by Gasteiger charge is 2.16. The Balaban J connectivity index is 1.70. The Bertz CT molecular complexity index is 811. The summed E-state index contributed by atoms with van der Waals surface area (Å²) in [6.45, 7) is 7.86. The van der Waals surface area contributed by atoms with Gasteiger partial charge in [-0.1, -0.05) is 74.5 Å². The summed E-state index contributed by atoms with van der Waals surface area (Å²) in [7, 11) is 0. The van der Waals surface area contributed by atoms with E-state index in [4.69, 9.17) is 0 Å². The third kappa shape index (κ3) is 6.08. The molecular formula is C25H32N2O. The second-order valence-electron chi connectivity index (χ2n) is 7.96. The quantitative estimate of drug-likeness (QED) is 0.532. The van der Waals surface area contributed by atoms with Crippen molar-refractivity contribution in [3.05, 3.63) is 95.8 Å². The Morgan fingerprint density at radius 3 is 2.25 bits per heavy atom. The zero-order valence-electron chi connectivity index (χ0n) is 17.0. The van der Waals surface area contributed by atoms with Gasteiger partial charge < -0.3 is 9.67 Å². The molecule has 0 aliphatic heterocycles. The predicted octanol–water partition coefficient (Wildman–Crippen LogP) is 5.12. The minimum atomic E-state index is -0.467. The van der Waals surface area contributed by atoms with Gasteiger partial charge in [0.1, 0.15) is 0 Å². The average molecular weight is 377 g/mol. The second kappa shape index (κ2) is 10.3. The third-order valence-corrected chi connectivity index (χ3v) is 5.14. The van der Waals surface area contributed by atoms with E-state index in [2.05, 4.69) is 72.0 Å². The van der Waals surface area contributed by atoms with Gasteiger partial charge in [0.15, 0.2) is 0 Å². The maximum atomic E-state index is 10.7. The molecule has 1 atom stereocenters. The lowest BCUT2D eigenvalue weighted by atomic mass is 10.1. The van der Waals surface area contributed by atoms with Gasteiger partial charge in [0.25, 0.3) is 0 Å². The molecule has 3 nitrogen and oxygen atoms in total. The first kappa shape index (κ1) is 20.4. The molecule has 0 bridgehead atoms. The van der Waals surface area contributed by atoms with E-state index < -0.39 is 6.10 Å². The smallest absolute Gasteiger partial charge is 0.0917 e. The van der Waals surface area contributed by atoms with Crippen LogP contribution in [0.3, 0.4) is 0 Å². The molecule has 0 amide bonds. The third-order valence-electron chi connectivity index (χ3n) is 5.14. The fourth-order valence-electron chi connectivity index (χ4n) is 3.46. The van der Waals surface area contributed by atoms with E-state index in [1.54, 1.807) is 0 Å². The fourth-order valence-corrected chi connectivity index (χ4v) is 3.46. The highest BCUT2D eigenvalue weighted by Crippen LogP contribution is 2.18. The van der Waals surface area contributed by atoms with Crippen molar-refractivity contribution >= 4 is 0 Å². The van der Waals surface area contributed by atoms with Crippen LogP contribution in [0.2, 0.25) is 0 Å². The Morgan fingerprint density at radius 1 is 0.893 bits per heavy atom. The van der Waals surface area contributed by atoms with E-state index in [0.717, 1.165) is 31.6 Å². The monoisotopic (exact) mass is 376 g/mol. The molecule has 1 aromatic heterocycles. The van der Waals surface area contributed by atoms with Crippen LogP contribution in [0.1, 0.15) is 43.2 Å². The standard InChI is InChI=1S/C25H32N2O/c1-21(2)15-17-26(20-25(28)23-12-7-4-8-13-23)19-24-14-9-16-27(24)18-22-10-5-3-6-11-22/h3-14,16,21,25,28H,15,17-20H2,1-2H3. The van der Waals surface area contributed by atoms with Gasteiger partial charge in [-0.2, -0.15) is 0 Å². The Hall–Kier alpha value is -2.36. The highest BCUT2D eigenvalue weighted by molar-refractivity contribution is 5.19. The van der Waals surface area contributed by atoms with Gasteiger partial charge in [-0.3, -0.25) is 4.90 Å². The van der Waals surface area contributed by atoms with Crippen molar-refractivity contribution in [1.29, 1.82) is 0 Å². The summed E-state index contributed by atoms with van der Waals surface area (Å²) < 4.78 is 2.31. The second-order valence-corrected chi connectivity index (χ2v) is 7.96. The van der Waals surface area contributed by atoms with Crippen molar-refractivity contribution in [3.63, 3.8) is 0 Å². The van der Waals surface area contributed by atoms with Crippen molar-refractivity contribution < 1.29 is 5.11 Å². The number of rotatable bonds is 10. The summed E-state index contributed by atoms with van der Waals surface area (Å²) in [5.41, 5.74) is 3.57. The zero-order chi connectivity index (χ0) is 19.8. The van der Waals surface area contributed by atoms with Crippen LogP contribution in [-0.4, -0.2) is 27.7 Å². The van der Waals surface area contributed by atoms with Crippen molar-refractivity contribution in [1.82, 2.24) is 9.47 Å². The SMILES string of the molecule is CC(C)CCN(Cc1cccn1Cc1ccccc1)CC(O)c1ccccc1. The van der Waals surface area contributed by atoms with Crippen LogP contribution in [0, 0.1) is 5.92 Å². The molecule has 3 heteroatoms. The number of nitrogens with zero attached hydrogens (tertiary/aromatic N) is 2. The zero-order valence-corrected chi connectivity index (χ0v) is 17.0. The van der Waals surface area contributed by atoms with Gasteiger partial charge in [0.2, 0.25) is 0 Å². The lowest BCUT2D eigenvalue weighted by Crippen LogP contribution is -2.31. The number of aromatic nitrogens is 1. The molecule has 0 fully saturated rings. The van der Waals surface area contributed by atoms with E-state index in [0.29, 0.717) is 12.5 Å². The van der Waals surface area contributed by atoms with Crippen LogP contribution in [0.4, 0.5) is 0 Å².